The summed E-state index contributed by atoms with van der Waals surface area (Å²) in [6, 6.07) is 4.02. The lowest BCUT2D eigenvalue weighted by Crippen LogP contribution is -2.00. The van der Waals surface area contributed by atoms with Gasteiger partial charge in [0.25, 0.3) is 0 Å². The van der Waals surface area contributed by atoms with Crippen molar-refractivity contribution in [2.24, 2.45) is 5.73 Å². The Morgan fingerprint density at radius 1 is 1.42 bits per heavy atom. The Hall–Kier alpha value is -1.72. The Kier molecular flexibility index (Phi) is 3.31. The maximum Gasteiger partial charge on any atom is 0.140 e. The zero-order chi connectivity index (χ0) is 13.2. The van der Waals surface area contributed by atoms with Gasteiger partial charge < -0.3 is 10.3 Å². The van der Waals surface area contributed by atoms with Gasteiger partial charge in [-0.3, -0.25) is 0 Å². The van der Waals surface area contributed by atoms with Crippen LogP contribution in [0.25, 0.3) is 11.0 Å². The van der Waals surface area contributed by atoms with Crippen LogP contribution in [0.4, 0.5) is 0 Å². The average molecular weight is 272 g/mol. The molecule has 0 amide bonds. The maximum absolute atomic E-state index is 5.79. The van der Waals surface area contributed by atoms with Crippen LogP contribution in [0.15, 0.2) is 29.9 Å². The van der Waals surface area contributed by atoms with Crippen molar-refractivity contribution in [3.63, 3.8) is 0 Å². The summed E-state index contributed by atoms with van der Waals surface area (Å²) < 4.78 is 2.13. The summed E-state index contributed by atoms with van der Waals surface area (Å²) in [7, 11) is 0. The van der Waals surface area contributed by atoms with Gasteiger partial charge in [0.05, 0.1) is 17.2 Å². The number of aromatic nitrogens is 3. The minimum Gasteiger partial charge on any atom is -0.326 e. The van der Waals surface area contributed by atoms with Crippen molar-refractivity contribution in [1.82, 2.24) is 14.5 Å². The molecule has 0 bridgehead atoms. The van der Waals surface area contributed by atoms with Crippen molar-refractivity contribution < 1.29 is 0 Å². The first-order valence-corrected chi connectivity index (χ1v) is 7.26. The third-order valence-corrected chi connectivity index (χ3v) is 4.21. The number of fused-ring (bicyclic) bond motifs is 1. The van der Waals surface area contributed by atoms with E-state index in [1.54, 1.807) is 11.3 Å². The van der Waals surface area contributed by atoms with E-state index in [-0.39, 0.29) is 0 Å². The zero-order valence-corrected chi connectivity index (χ0v) is 11.7. The molecule has 0 aliphatic rings. The highest BCUT2D eigenvalue weighted by Crippen LogP contribution is 2.20. The molecule has 0 radical (unpaired) electrons. The first-order chi connectivity index (χ1) is 9.31. The summed E-state index contributed by atoms with van der Waals surface area (Å²) in [5.41, 5.74) is 9.00. The van der Waals surface area contributed by atoms with Crippen LogP contribution in [0, 0.1) is 0 Å². The lowest BCUT2D eigenvalue weighted by atomic mass is 10.2. The lowest BCUT2D eigenvalue weighted by molar-refractivity contribution is 0.794. The minimum atomic E-state index is 0.534. The van der Waals surface area contributed by atoms with Crippen molar-refractivity contribution in [3.05, 3.63) is 46.2 Å². The molecule has 5 heteroatoms. The highest BCUT2D eigenvalue weighted by atomic mass is 32.1. The van der Waals surface area contributed by atoms with E-state index >= 15 is 0 Å². The second-order valence-corrected chi connectivity index (χ2v) is 5.39. The van der Waals surface area contributed by atoms with Crippen molar-refractivity contribution in [1.29, 1.82) is 0 Å². The number of hydrogen-bond acceptors (Lipinski definition) is 4. The summed E-state index contributed by atoms with van der Waals surface area (Å²) in [6.45, 7) is 3.41. The topological polar surface area (TPSA) is 56.7 Å². The van der Waals surface area contributed by atoms with Gasteiger partial charge in [0.1, 0.15) is 5.65 Å². The standard InChI is InChI=1S/C14H16N4S/c1-2-13-17-11(9-19-13)8-18-7-10(6-15)12-4-3-5-16-14(12)18/h3-5,7,9H,2,6,8,15H2,1H3. The first-order valence-electron chi connectivity index (χ1n) is 6.38. The maximum atomic E-state index is 5.79. The van der Waals surface area contributed by atoms with Crippen LogP contribution in [0.1, 0.15) is 23.2 Å². The van der Waals surface area contributed by atoms with Crippen molar-refractivity contribution in [2.75, 3.05) is 0 Å². The van der Waals surface area contributed by atoms with Crippen molar-refractivity contribution >= 4 is 22.4 Å². The molecule has 0 saturated carbocycles. The largest absolute Gasteiger partial charge is 0.326 e. The number of aryl methyl sites for hydroxylation is 1. The summed E-state index contributed by atoms with van der Waals surface area (Å²) in [4.78, 5) is 9.06. The summed E-state index contributed by atoms with van der Waals surface area (Å²) in [5.74, 6) is 0. The predicted molar refractivity (Wildman–Crippen MR) is 78.2 cm³/mol. The molecule has 3 heterocycles. The molecule has 0 saturated heterocycles. The Morgan fingerprint density at radius 3 is 3.05 bits per heavy atom. The fourth-order valence-electron chi connectivity index (χ4n) is 2.24. The molecule has 0 spiro atoms. The average Bonchev–Trinajstić information content (AvgIpc) is 3.04. The lowest BCUT2D eigenvalue weighted by Gasteiger charge is -2.01. The Bertz CT molecular complexity index is 698. The molecule has 4 nitrogen and oxygen atoms in total. The molecule has 2 N–H and O–H groups in total. The quantitative estimate of drug-likeness (QED) is 0.794. The van der Waals surface area contributed by atoms with Gasteiger partial charge in [-0.2, -0.15) is 0 Å². The number of rotatable bonds is 4. The molecule has 0 atom stereocenters. The Balaban J connectivity index is 2.00. The van der Waals surface area contributed by atoms with E-state index in [4.69, 9.17) is 5.73 Å². The fourth-order valence-corrected chi connectivity index (χ4v) is 2.97. The molecular weight excluding hydrogens is 256 g/mol. The monoisotopic (exact) mass is 272 g/mol. The van der Waals surface area contributed by atoms with Crippen LogP contribution in [0.3, 0.4) is 0 Å². The van der Waals surface area contributed by atoms with Crippen molar-refractivity contribution in [2.45, 2.75) is 26.4 Å². The number of pyridine rings is 1. The van der Waals surface area contributed by atoms with Gasteiger partial charge in [0, 0.05) is 29.7 Å². The van der Waals surface area contributed by atoms with Crippen LogP contribution in [-0.2, 0) is 19.5 Å². The van der Waals surface area contributed by atoms with Crippen LogP contribution >= 0.6 is 11.3 Å². The third-order valence-electron chi connectivity index (χ3n) is 3.17. The molecule has 19 heavy (non-hydrogen) atoms. The molecule has 0 unspecified atom stereocenters. The van der Waals surface area contributed by atoms with E-state index < -0.39 is 0 Å². The molecule has 3 aromatic heterocycles. The molecule has 0 aliphatic heterocycles. The number of nitrogens with two attached hydrogens (primary N) is 1. The van der Waals surface area contributed by atoms with Gasteiger partial charge in [-0.15, -0.1) is 11.3 Å². The van der Waals surface area contributed by atoms with Crippen molar-refractivity contribution in [3.8, 4) is 0 Å². The molecular formula is C14H16N4S. The number of nitrogens with zero attached hydrogens (tertiary/aromatic N) is 3. The van der Waals surface area contributed by atoms with Crippen LogP contribution in [-0.4, -0.2) is 14.5 Å². The molecule has 0 aliphatic carbocycles. The first kappa shape index (κ1) is 12.3. The molecule has 0 fully saturated rings. The van der Waals surface area contributed by atoms with E-state index in [0.717, 1.165) is 35.3 Å². The normalized spacial score (nSPS) is 11.3. The third kappa shape index (κ3) is 2.27. The molecule has 98 valence electrons. The number of hydrogen-bond donors (Lipinski definition) is 1. The van der Waals surface area contributed by atoms with E-state index in [9.17, 15) is 0 Å². The Morgan fingerprint density at radius 2 is 2.32 bits per heavy atom. The van der Waals surface area contributed by atoms with Gasteiger partial charge in [0.2, 0.25) is 0 Å². The van der Waals surface area contributed by atoms with Crippen LogP contribution < -0.4 is 5.73 Å². The highest BCUT2D eigenvalue weighted by Gasteiger charge is 2.09. The molecule has 3 aromatic rings. The second-order valence-electron chi connectivity index (χ2n) is 4.45. The van der Waals surface area contributed by atoms with Crippen LogP contribution in [0.2, 0.25) is 0 Å². The minimum absolute atomic E-state index is 0.534. The summed E-state index contributed by atoms with van der Waals surface area (Å²) >= 11 is 1.72. The number of thiazole rings is 1. The van der Waals surface area contributed by atoms with E-state index in [2.05, 4.69) is 39.1 Å². The fraction of sp³-hybridized carbons (Fsp3) is 0.286. The van der Waals surface area contributed by atoms with Gasteiger partial charge in [-0.05, 0) is 24.1 Å². The second kappa shape index (κ2) is 5.11. The summed E-state index contributed by atoms with van der Waals surface area (Å²) in [5, 5.41) is 4.44. The summed E-state index contributed by atoms with van der Waals surface area (Å²) in [6.07, 6.45) is 4.89. The van der Waals surface area contributed by atoms with Crippen LogP contribution in [0.5, 0.6) is 0 Å². The SMILES string of the molecule is CCc1nc(Cn2cc(CN)c3cccnc32)cs1. The van der Waals surface area contributed by atoms with Gasteiger partial charge >= 0.3 is 0 Å². The van der Waals surface area contributed by atoms with Gasteiger partial charge in [-0.1, -0.05) is 6.92 Å². The van der Waals surface area contributed by atoms with Gasteiger partial charge in [0.15, 0.2) is 0 Å². The van der Waals surface area contributed by atoms with Gasteiger partial charge in [-0.25, -0.2) is 9.97 Å². The molecule has 3 rings (SSSR count). The highest BCUT2D eigenvalue weighted by molar-refractivity contribution is 7.09. The molecule has 0 aromatic carbocycles. The van der Waals surface area contributed by atoms with E-state index in [1.807, 2.05) is 12.3 Å². The Labute approximate surface area is 115 Å². The predicted octanol–water partition coefficient (Wildman–Crippen LogP) is 2.56. The van der Waals surface area contributed by atoms with E-state index in [1.165, 1.54) is 5.01 Å². The zero-order valence-electron chi connectivity index (χ0n) is 10.8. The smallest absolute Gasteiger partial charge is 0.140 e. The van der Waals surface area contributed by atoms with E-state index in [0.29, 0.717) is 6.54 Å².